The molecule has 126 valence electrons. The average Bonchev–Trinajstić information content (AvgIpc) is 2.47. The van der Waals surface area contributed by atoms with Crippen molar-refractivity contribution < 1.29 is 24.4 Å². The molecular formula is C15H31NO5. The molecule has 1 rings (SSSR count). The first kappa shape index (κ1) is 18.8. The largest absolute Gasteiger partial charge is 0.389 e. The van der Waals surface area contributed by atoms with E-state index in [9.17, 15) is 10.2 Å². The van der Waals surface area contributed by atoms with Crippen molar-refractivity contribution in [1.82, 2.24) is 5.32 Å². The summed E-state index contributed by atoms with van der Waals surface area (Å²) >= 11 is 0. The van der Waals surface area contributed by atoms with Gasteiger partial charge in [-0.25, -0.2) is 0 Å². The van der Waals surface area contributed by atoms with Gasteiger partial charge in [-0.1, -0.05) is 13.3 Å². The van der Waals surface area contributed by atoms with Crippen LogP contribution in [0.1, 0.15) is 32.6 Å². The van der Waals surface area contributed by atoms with E-state index in [-0.39, 0.29) is 6.61 Å². The fourth-order valence-corrected chi connectivity index (χ4v) is 2.14. The number of unbranched alkanes of at least 4 members (excludes halogenated alkanes) is 1. The Morgan fingerprint density at radius 3 is 2.62 bits per heavy atom. The molecule has 1 aliphatic heterocycles. The lowest BCUT2D eigenvalue weighted by Gasteiger charge is -2.32. The van der Waals surface area contributed by atoms with Crippen LogP contribution in [0, 0.1) is 0 Å². The Morgan fingerprint density at radius 1 is 1.19 bits per heavy atom. The topological polar surface area (TPSA) is 80.2 Å². The first-order chi connectivity index (χ1) is 10.2. The fraction of sp³-hybridized carbons (Fsp3) is 1.00. The molecule has 3 N–H and O–H groups in total. The number of hydrogen-bond donors (Lipinski definition) is 3. The van der Waals surface area contributed by atoms with Crippen molar-refractivity contribution in [2.75, 3.05) is 52.7 Å². The minimum Gasteiger partial charge on any atom is -0.389 e. The van der Waals surface area contributed by atoms with Crippen LogP contribution in [0.4, 0.5) is 0 Å². The van der Waals surface area contributed by atoms with E-state index in [2.05, 4.69) is 12.2 Å². The molecule has 21 heavy (non-hydrogen) atoms. The quantitative estimate of drug-likeness (QED) is 0.450. The minimum atomic E-state index is -0.702. The van der Waals surface area contributed by atoms with Crippen LogP contribution in [0.25, 0.3) is 0 Å². The number of rotatable bonds is 12. The van der Waals surface area contributed by atoms with Gasteiger partial charge in [0.25, 0.3) is 0 Å². The molecule has 0 bridgehead atoms. The van der Waals surface area contributed by atoms with Crippen molar-refractivity contribution >= 4 is 0 Å². The van der Waals surface area contributed by atoms with Crippen LogP contribution in [-0.4, -0.2) is 74.6 Å². The Labute approximate surface area is 127 Å². The number of aliphatic hydroxyl groups excluding tert-OH is 1. The van der Waals surface area contributed by atoms with Gasteiger partial charge in [0.15, 0.2) is 0 Å². The maximum Gasteiger partial charge on any atom is 0.0897 e. The molecular weight excluding hydrogens is 274 g/mol. The predicted molar refractivity (Wildman–Crippen MR) is 80.4 cm³/mol. The van der Waals surface area contributed by atoms with Gasteiger partial charge < -0.3 is 29.7 Å². The summed E-state index contributed by atoms with van der Waals surface area (Å²) < 4.78 is 15.9. The number of aliphatic hydroxyl groups is 2. The third-order valence-corrected chi connectivity index (χ3v) is 3.58. The molecule has 1 fully saturated rings. The molecule has 0 aromatic carbocycles. The lowest BCUT2D eigenvalue weighted by Crippen LogP contribution is -2.47. The van der Waals surface area contributed by atoms with Gasteiger partial charge in [0, 0.05) is 45.8 Å². The van der Waals surface area contributed by atoms with Crippen LogP contribution >= 0.6 is 0 Å². The van der Waals surface area contributed by atoms with E-state index >= 15 is 0 Å². The first-order valence-electron chi connectivity index (χ1n) is 8.01. The van der Waals surface area contributed by atoms with E-state index in [1.807, 2.05) is 0 Å². The summed E-state index contributed by atoms with van der Waals surface area (Å²) in [6, 6.07) is 0. The van der Waals surface area contributed by atoms with Crippen LogP contribution in [0.15, 0.2) is 0 Å². The number of hydrogen-bond acceptors (Lipinski definition) is 6. The summed E-state index contributed by atoms with van der Waals surface area (Å²) in [7, 11) is 0. The summed E-state index contributed by atoms with van der Waals surface area (Å²) in [6.45, 7) is 6.34. The predicted octanol–water partition coefficient (Wildman–Crippen LogP) is 0.312. The van der Waals surface area contributed by atoms with Crippen molar-refractivity contribution in [1.29, 1.82) is 0 Å². The van der Waals surface area contributed by atoms with Crippen molar-refractivity contribution in [3.63, 3.8) is 0 Å². The molecule has 0 spiro atoms. The molecule has 1 saturated heterocycles. The lowest BCUT2D eigenvalue weighted by atomic mass is 9.94. The zero-order valence-corrected chi connectivity index (χ0v) is 13.2. The molecule has 1 aliphatic rings. The molecule has 0 aromatic heterocycles. The summed E-state index contributed by atoms with van der Waals surface area (Å²) in [6.07, 6.45) is 2.91. The van der Waals surface area contributed by atoms with E-state index in [0.717, 1.165) is 19.4 Å². The summed E-state index contributed by atoms with van der Waals surface area (Å²) in [5.41, 5.74) is -0.702. The zero-order chi connectivity index (χ0) is 15.4. The highest BCUT2D eigenvalue weighted by molar-refractivity contribution is 4.83. The number of nitrogens with one attached hydrogen (secondary N) is 1. The fourth-order valence-electron chi connectivity index (χ4n) is 2.14. The summed E-state index contributed by atoms with van der Waals surface area (Å²) in [5, 5.41) is 23.1. The molecule has 6 heteroatoms. The highest BCUT2D eigenvalue weighted by atomic mass is 16.5. The van der Waals surface area contributed by atoms with Gasteiger partial charge >= 0.3 is 0 Å². The zero-order valence-electron chi connectivity index (χ0n) is 13.2. The lowest BCUT2D eigenvalue weighted by molar-refractivity contribution is -0.0634. The molecule has 0 radical (unpaired) electrons. The molecule has 6 nitrogen and oxygen atoms in total. The Bertz CT molecular complexity index is 246. The van der Waals surface area contributed by atoms with E-state index in [0.29, 0.717) is 52.4 Å². The SMILES string of the molecule is CCCCOCCOCC(O)CNCC1(O)CCOCC1. The van der Waals surface area contributed by atoms with Crippen molar-refractivity contribution in [3.05, 3.63) is 0 Å². The van der Waals surface area contributed by atoms with Crippen LogP contribution in [0.5, 0.6) is 0 Å². The Hall–Kier alpha value is -0.240. The molecule has 1 heterocycles. The third kappa shape index (κ3) is 9.39. The van der Waals surface area contributed by atoms with E-state index in [1.54, 1.807) is 0 Å². The van der Waals surface area contributed by atoms with Crippen LogP contribution < -0.4 is 5.32 Å². The minimum absolute atomic E-state index is 0.283. The highest BCUT2D eigenvalue weighted by Crippen LogP contribution is 2.19. The first-order valence-corrected chi connectivity index (χ1v) is 8.01. The van der Waals surface area contributed by atoms with Crippen molar-refractivity contribution in [2.24, 2.45) is 0 Å². The van der Waals surface area contributed by atoms with Crippen LogP contribution in [-0.2, 0) is 14.2 Å². The maximum atomic E-state index is 10.2. The second kappa shape index (κ2) is 11.3. The Morgan fingerprint density at radius 2 is 1.90 bits per heavy atom. The molecule has 0 amide bonds. The van der Waals surface area contributed by atoms with Gasteiger partial charge in [0.1, 0.15) is 0 Å². The Kier molecular flexibility index (Phi) is 10.2. The number of ether oxygens (including phenoxy) is 3. The van der Waals surface area contributed by atoms with E-state index in [1.165, 1.54) is 0 Å². The average molecular weight is 305 g/mol. The van der Waals surface area contributed by atoms with E-state index < -0.39 is 11.7 Å². The summed E-state index contributed by atoms with van der Waals surface area (Å²) in [5.74, 6) is 0. The van der Waals surface area contributed by atoms with E-state index in [4.69, 9.17) is 14.2 Å². The highest BCUT2D eigenvalue weighted by Gasteiger charge is 2.29. The van der Waals surface area contributed by atoms with Gasteiger partial charge in [-0.3, -0.25) is 0 Å². The molecule has 1 unspecified atom stereocenters. The standard InChI is InChI=1S/C15H31NO5/c1-2-3-6-19-9-10-21-12-14(17)11-16-13-15(18)4-7-20-8-5-15/h14,16-18H,2-13H2,1H3. The molecule has 0 saturated carbocycles. The molecule has 1 atom stereocenters. The molecule has 0 aliphatic carbocycles. The van der Waals surface area contributed by atoms with Crippen molar-refractivity contribution in [3.8, 4) is 0 Å². The van der Waals surface area contributed by atoms with Gasteiger partial charge in [0.2, 0.25) is 0 Å². The second-order valence-electron chi connectivity index (χ2n) is 5.66. The normalized spacial score (nSPS) is 19.6. The van der Waals surface area contributed by atoms with Gasteiger partial charge in [-0.2, -0.15) is 0 Å². The molecule has 0 aromatic rings. The van der Waals surface area contributed by atoms with Crippen LogP contribution in [0.3, 0.4) is 0 Å². The maximum absolute atomic E-state index is 10.2. The van der Waals surface area contributed by atoms with Gasteiger partial charge in [0.05, 0.1) is 31.5 Å². The van der Waals surface area contributed by atoms with Crippen molar-refractivity contribution in [2.45, 2.75) is 44.3 Å². The smallest absolute Gasteiger partial charge is 0.0897 e. The Balaban J connectivity index is 1.92. The monoisotopic (exact) mass is 305 g/mol. The van der Waals surface area contributed by atoms with Gasteiger partial charge in [-0.15, -0.1) is 0 Å². The van der Waals surface area contributed by atoms with Crippen LogP contribution in [0.2, 0.25) is 0 Å². The second-order valence-corrected chi connectivity index (χ2v) is 5.66. The summed E-state index contributed by atoms with van der Waals surface area (Å²) in [4.78, 5) is 0. The third-order valence-electron chi connectivity index (χ3n) is 3.58. The van der Waals surface area contributed by atoms with Gasteiger partial charge in [-0.05, 0) is 6.42 Å².